The van der Waals surface area contributed by atoms with Crippen molar-refractivity contribution in [3.8, 4) is 0 Å². The molecule has 0 aliphatic rings. The molecular weight excluding hydrogens is 279 g/mol. The molecule has 0 atom stereocenters. The van der Waals surface area contributed by atoms with Gasteiger partial charge >= 0.3 is 0 Å². The summed E-state index contributed by atoms with van der Waals surface area (Å²) in [6.45, 7) is 5.29. The molecule has 3 nitrogen and oxygen atoms in total. The van der Waals surface area contributed by atoms with Crippen molar-refractivity contribution >= 4 is 11.6 Å². The zero-order chi connectivity index (χ0) is 15.9. The third-order valence-corrected chi connectivity index (χ3v) is 3.24. The molecule has 2 aromatic carbocycles. The number of carbonyl (C=O) groups is 1. The Hall–Kier alpha value is -2.36. The molecular formula is C18H21FN2O. The van der Waals surface area contributed by atoms with Crippen LogP contribution in [0.1, 0.15) is 29.8 Å². The van der Waals surface area contributed by atoms with E-state index in [0.29, 0.717) is 24.6 Å². The van der Waals surface area contributed by atoms with Crippen LogP contribution >= 0.6 is 0 Å². The summed E-state index contributed by atoms with van der Waals surface area (Å²) in [6, 6.07) is 13.7. The van der Waals surface area contributed by atoms with E-state index < -0.39 is 0 Å². The minimum absolute atomic E-state index is 0.0871. The number of halogens is 1. The zero-order valence-corrected chi connectivity index (χ0v) is 12.9. The molecule has 2 rings (SSSR count). The van der Waals surface area contributed by atoms with Crippen molar-refractivity contribution in [3.63, 3.8) is 0 Å². The lowest BCUT2D eigenvalue weighted by molar-refractivity contribution is 0.0950. The van der Waals surface area contributed by atoms with E-state index in [1.54, 1.807) is 18.2 Å². The lowest BCUT2D eigenvalue weighted by Crippen LogP contribution is -2.28. The molecule has 0 saturated carbocycles. The normalized spacial score (nSPS) is 10.5. The largest absolute Gasteiger partial charge is 0.380 e. The van der Waals surface area contributed by atoms with Crippen molar-refractivity contribution in [1.82, 2.24) is 5.32 Å². The number of nitrogens with one attached hydrogen (secondary N) is 2. The van der Waals surface area contributed by atoms with Gasteiger partial charge in [0.1, 0.15) is 5.82 Å². The molecule has 0 fully saturated rings. The molecule has 4 heteroatoms. The summed E-state index contributed by atoms with van der Waals surface area (Å²) in [5, 5.41) is 6.15. The van der Waals surface area contributed by atoms with Gasteiger partial charge in [0.2, 0.25) is 0 Å². The molecule has 116 valence electrons. The van der Waals surface area contributed by atoms with Crippen LogP contribution in [-0.2, 0) is 6.54 Å². The van der Waals surface area contributed by atoms with Crippen molar-refractivity contribution < 1.29 is 9.18 Å². The standard InChI is InChI=1S/C18H21FN2O/c1-13(2)11-21-18(22)16-5-3-4-6-17(16)20-12-14-7-9-15(19)10-8-14/h3-10,13,20H,11-12H2,1-2H3,(H,21,22). The van der Waals surface area contributed by atoms with Crippen LogP contribution in [0.4, 0.5) is 10.1 Å². The number of amides is 1. The van der Waals surface area contributed by atoms with Gasteiger partial charge in [-0.15, -0.1) is 0 Å². The van der Waals surface area contributed by atoms with E-state index in [1.165, 1.54) is 12.1 Å². The molecule has 0 saturated heterocycles. The number of benzene rings is 2. The minimum atomic E-state index is -0.253. The predicted molar refractivity (Wildman–Crippen MR) is 87.3 cm³/mol. The van der Waals surface area contributed by atoms with Crippen molar-refractivity contribution in [2.75, 3.05) is 11.9 Å². The maximum atomic E-state index is 12.9. The van der Waals surface area contributed by atoms with Gasteiger partial charge < -0.3 is 10.6 Å². The Morgan fingerprint density at radius 2 is 1.77 bits per heavy atom. The number of hydrogen-bond donors (Lipinski definition) is 2. The first-order valence-corrected chi connectivity index (χ1v) is 7.42. The molecule has 0 radical (unpaired) electrons. The smallest absolute Gasteiger partial charge is 0.253 e. The zero-order valence-electron chi connectivity index (χ0n) is 12.9. The summed E-state index contributed by atoms with van der Waals surface area (Å²) in [5.41, 5.74) is 2.34. The number of carbonyl (C=O) groups excluding carboxylic acids is 1. The minimum Gasteiger partial charge on any atom is -0.380 e. The fourth-order valence-corrected chi connectivity index (χ4v) is 2.03. The van der Waals surface area contributed by atoms with Gasteiger partial charge in [0.15, 0.2) is 0 Å². The summed E-state index contributed by atoms with van der Waals surface area (Å²) < 4.78 is 12.9. The van der Waals surface area contributed by atoms with Crippen LogP contribution < -0.4 is 10.6 Å². The average molecular weight is 300 g/mol. The average Bonchev–Trinajstić information content (AvgIpc) is 2.52. The molecule has 0 heterocycles. The highest BCUT2D eigenvalue weighted by atomic mass is 19.1. The highest BCUT2D eigenvalue weighted by Crippen LogP contribution is 2.16. The quantitative estimate of drug-likeness (QED) is 0.851. The summed E-state index contributed by atoms with van der Waals surface area (Å²) >= 11 is 0. The third kappa shape index (κ3) is 4.58. The Labute approximate surface area is 130 Å². The molecule has 0 aliphatic carbocycles. The second-order valence-electron chi connectivity index (χ2n) is 5.63. The molecule has 0 aliphatic heterocycles. The molecule has 2 aromatic rings. The Morgan fingerprint density at radius 3 is 2.45 bits per heavy atom. The fourth-order valence-electron chi connectivity index (χ4n) is 2.03. The maximum Gasteiger partial charge on any atom is 0.253 e. The monoisotopic (exact) mass is 300 g/mol. The van der Waals surface area contributed by atoms with Gasteiger partial charge in [-0.1, -0.05) is 38.1 Å². The molecule has 2 N–H and O–H groups in total. The van der Waals surface area contributed by atoms with E-state index in [0.717, 1.165) is 11.3 Å². The van der Waals surface area contributed by atoms with Crippen LogP contribution in [0, 0.1) is 11.7 Å². The molecule has 0 bridgehead atoms. The van der Waals surface area contributed by atoms with Crippen LogP contribution in [0.5, 0.6) is 0 Å². The first-order valence-electron chi connectivity index (χ1n) is 7.42. The number of anilines is 1. The predicted octanol–water partition coefficient (Wildman–Crippen LogP) is 3.82. The summed E-state index contributed by atoms with van der Waals surface area (Å²) in [4.78, 5) is 12.2. The van der Waals surface area contributed by atoms with Gasteiger partial charge in [-0.05, 0) is 35.7 Å². The van der Waals surface area contributed by atoms with Crippen LogP contribution in [0.2, 0.25) is 0 Å². The van der Waals surface area contributed by atoms with Gasteiger partial charge in [0.25, 0.3) is 5.91 Å². The molecule has 0 unspecified atom stereocenters. The highest BCUT2D eigenvalue weighted by Gasteiger charge is 2.10. The van der Waals surface area contributed by atoms with E-state index in [1.807, 2.05) is 18.2 Å². The van der Waals surface area contributed by atoms with Gasteiger partial charge in [0.05, 0.1) is 5.56 Å². The van der Waals surface area contributed by atoms with E-state index in [9.17, 15) is 9.18 Å². The fraction of sp³-hybridized carbons (Fsp3) is 0.278. The first kappa shape index (κ1) is 16.0. The second-order valence-corrected chi connectivity index (χ2v) is 5.63. The molecule has 0 spiro atoms. The van der Waals surface area contributed by atoms with Gasteiger partial charge in [0, 0.05) is 18.8 Å². The van der Waals surface area contributed by atoms with E-state index >= 15 is 0 Å². The maximum absolute atomic E-state index is 12.9. The Morgan fingerprint density at radius 1 is 1.09 bits per heavy atom. The van der Waals surface area contributed by atoms with Crippen molar-refractivity contribution in [2.24, 2.45) is 5.92 Å². The Bertz CT molecular complexity index is 623. The topological polar surface area (TPSA) is 41.1 Å². The van der Waals surface area contributed by atoms with Crippen molar-refractivity contribution in [1.29, 1.82) is 0 Å². The van der Waals surface area contributed by atoms with Crippen LogP contribution in [0.3, 0.4) is 0 Å². The van der Waals surface area contributed by atoms with Gasteiger partial charge in [-0.2, -0.15) is 0 Å². The summed E-state index contributed by atoms with van der Waals surface area (Å²) in [6.07, 6.45) is 0. The molecule has 0 aromatic heterocycles. The lowest BCUT2D eigenvalue weighted by Gasteiger charge is -2.13. The number of para-hydroxylation sites is 1. The second kappa shape index (κ2) is 7.59. The van der Waals surface area contributed by atoms with E-state index in [2.05, 4.69) is 24.5 Å². The molecule has 1 amide bonds. The van der Waals surface area contributed by atoms with Crippen LogP contribution in [-0.4, -0.2) is 12.5 Å². The van der Waals surface area contributed by atoms with Crippen molar-refractivity contribution in [2.45, 2.75) is 20.4 Å². The highest BCUT2D eigenvalue weighted by molar-refractivity contribution is 5.99. The van der Waals surface area contributed by atoms with Crippen LogP contribution in [0.15, 0.2) is 48.5 Å². The number of rotatable bonds is 6. The summed E-state index contributed by atoms with van der Waals surface area (Å²) in [5.74, 6) is 0.0661. The Kier molecular flexibility index (Phi) is 5.53. The Balaban J connectivity index is 2.04. The first-order chi connectivity index (χ1) is 10.6. The lowest BCUT2D eigenvalue weighted by atomic mass is 10.1. The summed E-state index contributed by atoms with van der Waals surface area (Å²) in [7, 11) is 0. The van der Waals surface area contributed by atoms with Crippen molar-refractivity contribution in [3.05, 3.63) is 65.5 Å². The van der Waals surface area contributed by atoms with Gasteiger partial charge in [-0.25, -0.2) is 4.39 Å². The SMILES string of the molecule is CC(C)CNC(=O)c1ccccc1NCc1ccc(F)cc1. The van der Waals surface area contributed by atoms with Gasteiger partial charge in [-0.3, -0.25) is 4.79 Å². The van der Waals surface area contributed by atoms with E-state index in [4.69, 9.17) is 0 Å². The number of hydrogen-bond acceptors (Lipinski definition) is 2. The third-order valence-electron chi connectivity index (χ3n) is 3.24. The van der Waals surface area contributed by atoms with E-state index in [-0.39, 0.29) is 11.7 Å². The van der Waals surface area contributed by atoms with Crippen LogP contribution in [0.25, 0.3) is 0 Å². The molecule has 22 heavy (non-hydrogen) atoms.